The highest BCUT2D eigenvalue weighted by Gasteiger charge is 2.41. The van der Waals surface area contributed by atoms with E-state index < -0.39 is 11.7 Å². The number of halogens is 1. The number of aromatic amines is 1. The van der Waals surface area contributed by atoms with Crippen LogP contribution in [0.3, 0.4) is 0 Å². The van der Waals surface area contributed by atoms with Crippen molar-refractivity contribution in [2.45, 2.75) is 83.2 Å². The van der Waals surface area contributed by atoms with Crippen LogP contribution in [0.4, 0.5) is 16.0 Å². The molecule has 0 saturated carbocycles. The molecule has 0 radical (unpaired) electrons. The molecule has 8 heterocycles. The number of nitrogens with one attached hydrogen (secondary N) is 2. The molecule has 6 aliphatic rings. The molecule has 4 saturated heterocycles. The number of hydrogen-bond donors (Lipinski definition) is 2. The number of piperidine rings is 2. The Morgan fingerprint density at radius 2 is 1.52 bits per heavy atom. The number of para-hydroxylation sites is 1. The van der Waals surface area contributed by atoms with Crippen molar-refractivity contribution in [1.29, 1.82) is 0 Å². The van der Waals surface area contributed by atoms with Crippen LogP contribution in [0, 0.1) is 5.92 Å². The number of benzene rings is 2. The molecule has 2 N–H and O–H groups in total. The maximum atomic E-state index is 15.2. The third kappa shape index (κ3) is 8.69. The lowest BCUT2D eigenvalue weighted by Crippen LogP contribution is -2.54. The molecule has 3 atom stereocenters. The van der Waals surface area contributed by atoms with E-state index in [2.05, 4.69) is 77.0 Å². The van der Waals surface area contributed by atoms with E-state index in [-0.39, 0.29) is 36.2 Å². The first-order chi connectivity index (χ1) is 30.4. The fraction of sp³-hybridized carbons (Fsp3) is 0.562. The summed E-state index contributed by atoms with van der Waals surface area (Å²) in [6.45, 7) is 18.5. The summed E-state index contributed by atoms with van der Waals surface area (Å²) in [5, 5.41) is 3.63. The van der Waals surface area contributed by atoms with Crippen LogP contribution in [-0.4, -0.2) is 160 Å². The van der Waals surface area contributed by atoms with Crippen LogP contribution in [0.15, 0.2) is 54.9 Å². The van der Waals surface area contributed by atoms with Gasteiger partial charge in [-0.3, -0.25) is 34.4 Å². The highest BCUT2D eigenvalue weighted by molar-refractivity contribution is 6.05. The van der Waals surface area contributed by atoms with Crippen molar-refractivity contribution in [3.05, 3.63) is 82.8 Å². The van der Waals surface area contributed by atoms with Crippen LogP contribution in [0.5, 0.6) is 0 Å². The van der Waals surface area contributed by atoms with E-state index in [0.717, 1.165) is 132 Å². The van der Waals surface area contributed by atoms with Crippen molar-refractivity contribution in [3.8, 4) is 0 Å². The number of aromatic nitrogens is 3. The first kappa shape index (κ1) is 42.0. The monoisotopic (exact) mass is 860 g/mol. The first-order valence-electron chi connectivity index (χ1n) is 23.2. The van der Waals surface area contributed by atoms with Crippen molar-refractivity contribution in [3.63, 3.8) is 0 Å². The minimum Gasteiger partial charge on any atom is -0.369 e. The zero-order valence-corrected chi connectivity index (χ0v) is 37.1. The van der Waals surface area contributed by atoms with Gasteiger partial charge in [-0.15, -0.1) is 0 Å². The molecule has 0 spiro atoms. The molecule has 334 valence electrons. The Morgan fingerprint density at radius 1 is 0.825 bits per heavy atom. The molecule has 15 heteroatoms. The Morgan fingerprint density at radius 3 is 2.24 bits per heavy atom. The second-order valence-corrected chi connectivity index (χ2v) is 19.6. The van der Waals surface area contributed by atoms with Gasteiger partial charge in [0.05, 0.1) is 12.7 Å². The second-order valence-electron chi connectivity index (χ2n) is 19.6. The number of rotatable bonds is 10. The Hall–Kier alpha value is -4.96. The third-order valence-electron chi connectivity index (χ3n) is 14.6. The number of nitrogens with zero attached hydrogens (tertiary/aromatic N) is 9. The number of alkyl halides is 1. The van der Waals surface area contributed by atoms with Gasteiger partial charge in [0.1, 0.15) is 11.7 Å². The summed E-state index contributed by atoms with van der Waals surface area (Å²) in [6.07, 6.45) is 7.72. The van der Waals surface area contributed by atoms with Crippen molar-refractivity contribution in [1.82, 2.24) is 44.8 Å². The fourth-order valence-electron chi connectivity index (χ4n) is 11.2. The zero-order chi connectivity index (χ0) is 43.4. The standard InChI is InChI=1S/C48H62FN11O3/c1-32-24-39-38-6-4-5-7-40(38)52-43(39)44(60(32)30-48(2,3)49)35-26-50-47(51-27-35)58-14-12-33(13-15-58)28-54-16-18-55(19-17-54)31-56-20-22-57(23-21-56)36-8-9-37-34(25-36)29-59(46(37)63)41-10-11-42(61)53-45(41)62/h4-9,25-27,32-33,41,44,52H,10-24,28-31H2,1-3H3,(H,53,61,62)/t32-,41?,44-/m1/s1. The minimum atomic E-state index is -1.33. The van der Waals surface area contributed by atoms with Crippen LogP contribution >= 0.6 is 0 Å². The van der Waals surface area contributed by atoms with E-state index in [0.29, 0.717) is 31.0 Å². The number of piperazine rings is 2. The Bertz CT molecular complexity index is 2320. The second kappa shape index (κ2) is 17.2. The van der Waals surface area contributed by atoms with Crippen LogP contribution in [-0.2, 0) is 22.6 Å². The quantitative estimate of drug-likeness (QED) is 0.220. The average molecular weight is 860 g/mol. The number of fused-ring (bicyclic) bond motifs is 4. The summed E-state index contributed by atoms with van der Waals surface area (Å²) < 4.78 is 15.2. The van der Waals surface area contributed by atoms with Crippen LogP contribution in [0.25, 0.3) is 10.9 Å². The van der Waals surface area contributed by atoms with Gasteiger partial charge in [0.2, 0.25) is 17.8 Å². The maximum absolute atomic E-state index is 15.2. The Labute approximate surface area is 369 Å². The smallest absolute Gasteiger partial charge is 0.255 e. The van der Waals surface area contributed by atoms with E-state index >= 15 is 4.39 Å². The lowest BCUT2D eigenvalue weighted by atomic mass is 9.88. The van der Waals surface area contributed by atoms with Gasteiger partial charge in [0.25, 0.3) is 5.91 Å². The molecule has 1 unspecified atom stereocenters. The minimum absolute atomic E-state index is 0.126. The SMILES string of the molecule is C[C@@H]1Cc2c([nH]c3ccccc23)[C@@H](c2cnc(N3CCC(CN4CCN(CN5CCN(c6ccc7c(c6)CN(C6CCC(=O)NC6=O)C7=O)CC5)CC4)CC3)nc2)N1CC(C)(C)F. The molecule has 63 heavy (non-hydrogen) atoms. The lowest BCUT2D eigenvalue weighted by molar-refractivity contribution is -0.136. The van der Waals surface area contributed by atoms with E-state index in [4.69, 9.17) is 9.97 Å². The predicted molar refractivity (Wildman–Crippen MR) is 241 cm³/mol. The van der Waals surface area contributed by atoms with Crippen molar-refractivity contribution in [2.75, 3.05) is 95.0 Å². The van der Waals surface area contributed by atoms with Gasteiger partial charge in [0, 0.05) is 143 Å². The summed E-state index contributed by atoms with van der Waals surface area (Å²) in [7, 11) is 0. The lowest BCUT2D eigenvalue weighted by Gasteiger charge is -2.43. The predicted octanol–water partition coefficient (Wildman–Crippen LogP) is 4.42. The molecular weight excluding hydrogens is 798 g/mol. The van der Waals surface area contributed by atoms with Gasteiger partial charge in [0.15, 0.2) is 0 Å². The molecule has 6 aliphatic heterocycles. The molecule has 4 aromatic rings. The van der Waals surface area contributed by atoms with E-state index in [1.807, 2.05) is 24.5 Å². The zero-order valence-electron chi connectivity index (χ0n) is 37.1. The number of amides is 3. The van der Waals surface area contributed by atoms with Crippen molar-refractivity contribution >= 4 is 40.3 Å². The molecule has 2 aromatic heterocycles. The first-order valence-corrected chi connectivity index (χ1v) is 23.2. The number of carbonyl (C=O) groups excluding carboxylic acids is 3. The average Bonchev–Trinajstić information content (AvgIpc) is 3.81. The summed E-state index contributed by atoms with van der Waals surface area (Å²) in [5.74, 6) is 0.681. The number of H-pyrrole nitrogens is 1. The van der Waals surface area contributed by atoms with Gasteiger partial charge >= 0.3 is 0 Å². The number of carbonyl (C=O) groups is 3. The Balaban J connectivity index is 0.672. The van der Waals surface area contributed by atoms with Crippen LogP contribution in [0.1, 0.15) is 85.2 Å². The van der Waals surface area contributed by atoms with Crippen molar-refractivity contribution in [2.24, 2.45) is 5.92 Å². The molecular formula is C48H62FN11O3. The molecule has 0 bridgehead atoms. The number of imide groups is 1. The summed E-state index contributed by atoms with van der Waals surface area (Å²) in [6, 6.07) is 14.0. The summed E-state index contributed by atoms with van der Waals surface area (Å²) in [5.41, 5.74) is 5.96. The molecule has 4 fully saturated rings. The molecule has 2 aromatic carbocycles. The third-order valence-corrected chi connectivity index (χ3v) is 14.6. The normalized spacial score (nSPS) is 24.9. The Kier molecular flexibility index (Phi) is 11.5. The number of anilines is 2. The van der Waals surface area contributed by atoms with Crippen LogP contribution < -0.4 is 15.1 Å². The highest BCUT2D eigenvalue weighted by Crippen LogP contribution is 2.42. The molecule has 14 nitrogen and oxygen atoms in total. The molecule has 0 aliphatic carbocycles. The number of hydrogen-bond acceptors (Lipinski definition) is 11. The van der Waals surface area contributed by atoms with E-state index in [1.165, 1.54) is 10.9 Å². The van der Waals surface area contributed by atoms with Gasteiger partial charge in [-0.05, 0) is 87.8 Å². The largest absolute Gasteiger partial charge is 0.369 e. The van der Waals surface area contributed by atoms with Gasteiger partial charge in [-0.2, -0.15) is 0 Å². The molecule has 10 rings (SSSR count). The topological polar surface area (TPSA) is 127 Å². The van der Waals surface area contributed by atoms with Crippen LogP contribution in [0.2, 0.25) is 0 Å². The summed E-state index contributed by atoms with van der Waals surface area (Å²) in [4.78, 5) is 67.4. The van der Waals surface area contributed by atoms with E-state index in [9.17, 15) is 14.4 Å². The van der Waals surface area contributed by atoms with Crippen molar-refractivity contribution < 1.29 is 18.8 Å². The summed E-state index contributed by atoms with van der Waals surface area (Å²) >= 11 is 0. The highest BCUT2D eigenvalue weighted by atomic mass is 19.1. The van der Waals surface area contributed by atoms with E-state index in [1.54, 1.807) is 18.7 Å². The molecule has 3 amide bonds. The van der Waals surface area contributed by atoms with Gasteiger partial charge < -0.3 is 24.6 Å². The maximum Gasteiger partial charge on any atom is 0.255 e. The van der Waals surface area contributed by atoms with Gasteiger partial charge in [-0.1, -0.05) is 18.2 Å². The fourth-order valence-corrected chi connectivity index (χ4v) is 11.2. The van der Waals surface area contributed by atoms with Gasteiger partial charge in [-0.25, -0.2) is 14.4 Å².